The molecule has 5 heteroatoms. The number of nitrogens with zero attached hydrogens (tertiary/aromatic N) is 2. The molecule has 4 rings (SSSR count). The monoisotopic (exact) mass is 481 g/mol. The van der Waals surface area contributed by atoms with Crippen LogP contribution in [0, 0.1) is 13.8 Å². The smallest absolute Gasteiger partial charge is 0.0644 e. The average molecular weight is 482 g/mol. The molecule has 0 fully saturated rings. The average Bonchev–Trinajstić information content (AvgIpc) is 3.31. The van der Waals surface area contributed by atoms with Gasteiger partial charge in [0.15, 0.2) is 0 Å². The number of rotatable bonds is 6. The van der Waals surface area contributed by atoms with Crippen molar-refractivity contribution >= 4 is 15.9 Å². The minimum Gasteiger partial charge on any atom is -0.395 e. The van der Waals surface area contributed by atoms with Crippen LogP contribution in [-0.2, 0) is 25.8 Å². The van der Waals surface area contributed by atoms with Gasteiger partial charge in [-0.2, -0.15) is 5.10 Å². The molecule has 2 atom stereocenters. The Bertz CT molecular complexity index is 1030. The molecule has 0 radical (unpaired) electrons. The molecule has 2 N–H and O–H groups in total. The summed E-state index contributed by atoms with van der Waals surface area (Å²) < 4.78 is 1.25. The van der Waals surface area contributed by atoms with Crippen LogP contribution in [0.4, 0.5) is 0 Å². The van der Waals surface area contributed by atoms with Crippen LogP contribution in [0.1, 0.15) is 64.4 Å². The van der Waals surface area contributed by atoms with E-state index in [-0.39, 0.29) is 18.7 Å². The first-order valence-corrected chi connectivity index (χ1v) is 12.0. The first-order valence-electron chi connectivity index (χ1n) is 11.2. The predicted molar refractivity (Wildman–Crippen MR) is 129 cm³/mol. The van der Waals surface area contributed by atoms with Crippen molar-refractivity contribution in [1.82, 2.24) is 15.1 Å². The number of H-pyrrole nitrogens is 1. The number of benzene rings is 2. The van der Waals surface area contributed by atoms with Gasteiger partial charge in [0.25, 0.3) is 0 Å². The molecule has 0 aliphatic carbocycles. The number of aromatic nitrogens is 2. The van der Waals surface area contributed by atoms with E-state index in [1.54, 1.807) is 0 Å². The van der Waals surface area contributed by atoms with Gasteiger partial charge in [-0.3, -0.25) is 10.00 Å². The molecule has 2 unspecified atom stereocenters. The highest BCUT2D eigenvalue weighted by Crippen LogP contribution is 2.42. The van der Waals surface area contributed by atoms with Gasteiger partial charge in [0, 0.05) is 28.8 Å². The van der Waals surface area contributed by atoms with Crippen LogP contribution in [0.15, 0.2) is 41.1 Å². The van der Waals surface area contributed by atoms with Crippen molar-refractivity contribution in [3.05, 3.63) is 85.6 Å². The van der Waals surface area contributed by atoms with Crippen molar-refractivity contribution in [2.24, 2.45) is 0 Å². The maximum absolute atomic E-state index is 10.4. The predicted octanol–water partition coefficient (Wildman–Crippen LogP) is 5.42. The number of fused-ring (bicyclic) bond motifs is 1. The molecule has 31 heavy (non-hydrogen) atoms. The Balaban J connectivity index is 1.94. The summed E-state index contributed by atoms with van der Waals surface area (Å²) in [6, 6.07) is 8.73. The lowest BCUT2D eigenvalue weighted by molar-refractivity contribution is 0.0793. The number of halogens is 1. The topological polar surface area (TPSA) is 52.2 Å². The van der Waals surface area contributed by atoms with Gasteiger partial charge in [-0.05, 0) is 72.1 Å². The zero-order valence-electron chi connectivity index (χ0n) is 18.9. The molecule has 164 valence electrons. The molecule has 0 saturated heterocycles. The quantitative estimate of drug-likeness (QED) is 0.493. The Morgan fingerprint density at radius 2 is 1.77 bits per heavy atom. The van der Waals surface area contributed by atoms with Crippen LogP contribution in [-0.4, -0.2) is 32.9 Å². The van der Waals surface area contributed by atoms with Crippen LogP contribution in [0.3, 0.4) is 0 Å². The molecule has 0 amide bonds. The Labute approximate surface area is 193 Å². The number of nitrogens with one attached hydrogen (secondary N) is 1. The van der Waals surface area contributed by atoms with Gasteiger partial charge in [-0.15, -0.1) is 0 Å². The fourth-order valence-corrected chi connectivity index (χ4v) is 6.54. The summed E-state index contributed by atoms with van der Waals surface area (Å²) in [6.45, 7) is 9.92. The summed E-state index contributed by atoms with van der Waals surface area (Å²) in [6.07, 6.45) is 6.78. The third kappa shape index (κ3) is 3.88. The number of aliphatic hydroxyl groups excluding tert-OH is 1. The summed E-state index contributed by atoms with van der Waals surface area (Å²) in [7, 11) is 0. The summed E-state index contributed by atoms with van der Waals surface area (Å²) in [5, 5.41) is 17.7. The maximum Gasteiger partial charge on any atom is 0.0644 e. The van der Waals surface area contributed by atoms with Crippen LogP contribution in [0.5, 0.6) is 0 Å². The van der Waals surface area contributed by atoms with Crippen molar-refractivity contribution in [2.45, 2.75) is 65.6 Å². The summed E-state index contributed by atoms with van der Waals surface area (Å²) in [5.41, 5.74) is 10.6. The van der Waals surface area contributed by atoms with E-state index in [4.69, 9.17) is 0 Å². The van der Waals surface area contributed by atoms with Gasteiger partial charge in [0.1, 0.15) is 0 Å². The normalized spacial score (nSPS) is 17.5. The van der Waals surface area contributed by atoms with Crippen molar-refractivity contribution in [3.8, 4) is 0 Å². The molecule has 0 saturated carbocycles. The van der Waals surface area contributed by atoms with Crippen molar-refractivity contribution in [3.63, 3.8) is 0 Å². The zero-order valence-corrected chi connectivity index (χ0v) is 20.5. The van der Waals surface area contributed by atoms with E-state index in [0.717, 1.165) is 31.4 Å². The fourth-order valence-electron chi connectivity index (χ4n) is 5.38. The molecule has 0 bridgehead atoms. The van der Waals surface area contributed by atoms with Gasteiger partial charge in [0.2, 0.25) is 0 Å². The number of aliphatic hydroxyl groups is 1. The van der Waals surface area contributed by atoms with Crippen molar-refractivity contribution in [2.75, 3.05) is 6.61 Å². The van der Waals surface area contributed by atoms with Crippen LogP contribution in [0.25, 0.3) is 0 Å². The van der Waals surface area contributed by atoms with Crippen LogP contribution in [0.2, 0.25) is 0 Å². The van der Waals surface area contributed by atoms with Crippen molar-refractivity contribution < 1.29 is 5.11 Å². The standard InChI is InChI=1S/C26H32BrN3O/c1-5-22-16(3)24(17(4)23(6-2)25(22)27)26(20-12-28-29-13-20)30-14-19-10-8-7-9-18(19)11-21(30)15-31/h7-10,12-13,21,26,31H,5-6,11,14-15H2,1-4H3,(H,28,29). The van der Waals surface area contributed by atoms with Crippen molar-refractivity contribution in [1.29, 1.82) is 0 Å². The number of hydrogen-bond acceptors (Lipinski definition) is 3. The summed E-state index contributed by atoms with van der Waals surface area (Å²) in [5.74, 6) is 0. The largest absolute Gasteiger partial charge is 0.395 e. The second-order valence-corrected chi connectivity index (χ2v) is 9.35. The Morgan fingerprint density at radius 1 is 1.13 bits per heavy atom. The first kappa shape index (κ1) is 22.3. The van der Waals surface area contributed by atoms with E-state index in [1.807, 2.05) is 12.4 Å². The number of hydrogen-bond donors (Lipinski definition) is 2. The first-order chi connectivity index (χ1) is 15.0. The second kappa shape index (κ2) is 9.27. The molecular formula is C26H32BrN3O. The summed E-state index contributed by atoms with van der Waals surface area (Å²) in [4.78, 5) is 2.48. The maximum atomic E-state index is 10.4. The minimum absolute atomic E-state index is 0.0351. The molecule has 1 aromatic heterocycles. The lowest BCUT2D eigenvalue weighted by atomic mass is 9.82. The van der Waals surface area contributed by atoms with Crippen LogP contribution < -0.4 is 0 Å². The van der Waals surface area contributed by atoms with E-state index >= 15 is 0 Å². The van der Waals surface area contributed by atoms with Gasteiger partial charge in [-0.1, -0.05) is 54.0 Å². The highest BCUT2D eigenvalue weighted by atomic mass is 79.9. The zero-order chi connectivity index (χ0) is 22.1. The molecular weight excluding hydrogens is 450 g/mol. The van der Waals surface area contributed by atoms with Crippen LogP contribution >= 0.6 is 15.9 Å². The highest BCUT2D eigenvalue weighted by Gasteiger charge is 2.35. The molecule has 2 aromatic carbocycles. The third-order valence-corrected chi connectivity index (χ3v) is 7.95. The molecule has 2 heterocycles. The Morgan fingerprint density at radius 3 is 2.32 bits per heavy atom. The van der Waals surface area contributed by atoms with Gasteiger partial charge < -0.3 is 5.11 Å². The highest BCUT2D eigenvalue weighted by molar-refractivity contribution is 9.10. The molecule has 4 nitrogen and oxygen atoms in total. The van der Waals surface area contributed by atoms with E-state index in [2.05, 4.69) is 83.0 Å². The Hall–Kier alpha value is -1.95. The van der Waals surface area contributed by atoms with E-state index < -0.39 is 0 Å². The Kier molecular flexibility index (Phi) is 6.65. The number of aromatic amines is 1. The van der Waals surface area contributed by atoms with E-state index in [0.29, 0.717) is 0 Å². The van der Waals surface area contributed by atoms with E-state index in [9.17, 15) is 5.11 Å². The molecule has 1 aliphatic heterocycles. The lowest BCUT2D eigenvalue weighted by Crippen LogP contribution is -2.45. The molecule has 0 spiro atoms. The molecule has 1 aliphatic rings. The summed E-state index contributed by atoms with van der Waals surface area (Å²) >= 11 is 3.91. The molecule has 3 aromatic rings. The fraction of sp³-hybridized carbons (Fsp3) is 0.423. The lowest BCUT2D eigenvalue weighted by Gasteiger charge is -2.42. The van der Waals surface area contributed by atoms with E-state index in [1.165, 1.54) is 43.4 Å². The minimum atomic E-state index is 0.0351. The second-order valence-electron chi connectivity index (χ2n) is 8.56. The van der Waals surface area contributed by atoms with Gasteiger partial charge >= 0.3 is 0 Å². The van der Waals surface area contributed by atoms with Gasteiger partial charge in [0.05, 0.1) is 18.8 Å². The van der Waals surface area contributed by atoms with Gasteiger partial charge in [-0.25, -0.2) is 0 Å². The third-order valence-electron chi connectivity index (χ3n) is 7.00. The SMILES string of the molecule is CCc1c(C)c(C(c2cn[nH]c2)N2Cc3ccccc3CC2CO)c(C)c(CC)c1Br.